The van der Waals surface area contributed by atoms with Gasteiger partial charge in [0.2, 0.25) is 5.91 Å². The second-order valence-electron chi connectivity index (χ2n) is 5.43. The first-order valence-electron chi connectivity index (χ1n) is 7.81. The van der Waals surface area contributed by atoms with E-state index >= 15 is 0 Å². The lowest BCUT2D eigenvalue weighted by molar-refractivity contribution is -0.122. The fraction of sp³-hybridized carbons (Fsp3) is 0.562. The summed E-state index contributed by atoms with van der Waals surface area (Å²) in [6, 6.07) is 6.02. The van der Waals surface area contributed by atoms with Gasteiger partial charge in [-0.25, -0.2) is 15.2 Å². The maximum absolute atomic E-state index is 12.9. The van der Waals surface area contributed by atoms with E-state index in [9.17, 15) is 9.18 Å². The number of amides is 1. The van der Waals surface area contributed by atoms with E-state index in [-0.39, 0.29) is 23.8 Å². The Morgan fingerprint density at radius 1 is 1.26 bits per heavy atom. The third kappa shape index (κ3) is 5.87. The van der Waals surface area contributed by atoms with Gasteiger partial charge in [0.25, 0.3) is 0 Å². The van der Waals surface area contributed by atoms with Crippen LogP contribution >= 0.6 is 0 Å². The molecule has 0 spiro atoms. The second kappa shape index (κ2) is 9.57. The highest BCUT2D eigenvalue weighted by Gasteiger charge is 2.29. The summed E-state index contributed by atoms with van der Waals surface area (Å²) in [5.74, 6) is -0.305. The van der Waals surface area contributed by atoms with Crippen LogP contribution in [-0.2, 0) is 14.3 Å². The molecule has 2 rings (SSSR count). The molecule has 6 nitrogen and oxygen atoms in total. The summed E-state index contributed by atoms with van der Waals surface area (Å²) in [4.78, 5) is 12.1. The Balaban J connectivity index is 1.64. The normalized spacial score (nSPS) is 20.6. The van der Waals surface area contributed by atoms with Gasteiger partial charge in [0.15, 0.2) is 0 Å². The molecular formula is C16H24FN3O3. The molecule has 7 heteroatoms. The van der Waals surface area contributed by atoms with Gasteiger partial charge in [0, 0.05) is 26.3 Å². The average molecular weight is 325 g/mol. The van der Waals surface area contributed by atoms with Crippen LogP contribution in [-0.4, -0.2) is 45.4 Å². The molecular weight excluding hydrogens is 301 g/mol. The van der Waals surface area contributed by atoms with Crippen molar-refractivity contribution in [3.63, 3.8) is 0 Å². The Kier molecular flexibility index (Phi) is 7.41. The molecule has 1 fully saturated rings. The van der Waals surface area contributed by atoms with Crippen molar-refractivity contribution in [1.82, 2.24) is 16.2 Å². The molecule has 2 atom stereocenters. The van der Waals surface area contributed by atoms with Crippen LogP contribution in [0.1, 0.15) is 24.4 Å². The standard InChI is InChI=1S/C16H24FN3O3/c1-22-9-10-23-8-2-7-18-16(21)15-11-14(19-20-15)12-3-5-13(17)6-4-12/h3-6,14-15,19-20H,2,7-11H2,1H3,(H,18,21). The molecule has 1 aromatic carbocycles. The largest absolute Gasteiger partial charge is 0.382 e. The Hall–Kier alpha value is -1.54. The third-order valence-electron chi connectivity index (χ3n) is 3.69. The quantitative estimate of drug-likeness (QED) is 0.589. The lowest BCUT2D eigenvalue weighted by Crippen LogP contribution is -2.43. The van der Waals surface area contributed by atoms with Gasteiger partial charge in [-0.1, -0.05) is 12.1 Å². The fourth-order valence-corrected chi connectivity index (χ4v) is 2.40. The average Bonchev–Trinajstić information content (AvgIpc) is 3.04. The lowest BCUT2D eigenvalue weighted by atomic mass is 10.0. The van der Waals surface area contributed by atoms with Gasteiger partial charge < -0.3 is 14.8 Å². The van der Waals surface area contributed by atoms with Gasteiger partial charge >= 0.3 is 0 Å². The zero-order chi connectivity index (χ0) is 16.5. The van der Waals surface area contributed by atoms with E-state index in [2.05, 4.69) is 16.2 Å². The van der Waals surface area contributed by atoms with Crippen molar-refractivity contribution in [2.45, 2.75) is 24.9 Å². The van der Waals surface area contributed by atoms with Crippen LogP contribution in [0, 0.1) is 5.82 Å². The van der Waals surface area contributed by atoms with Gasteiger partial charge in [-0.15, -0.1) is 0 Å². The van der Waals surface area contributed by atoms with E-state index < -0.39 is 0 Å². The molecule has 1 heterocycles. The minimum atomic E-state index is -0.292. The maximum atomic E-state index is 12.9. The number of ether oxygens (including phenoxy) is 2. The van der Waals surface area contributed by atoms with E-state index in [1.165, 1.54) is 12.1 Å². The molecule has 0 saturated carbocycles. The van der Waals surface area contributed by atoms with Crippen molar-refractivity contribution in [3.8, 4) is 0 Å². The minimum Gasteiger partial charge on any atom is -0.382 e. The molecule has 3 N–H and O–H groups in total. The molecule has 1 amide bonds. The minimum absolute atomic E-state index is 0.00345. The zero-order valence-electron chi connectivity index (χ0n) is 13.3. The Bertz CT molecular complexity index is 484. The Morgan fingerprint density at radius 3 is 2.78 bits per heavy atom. The number of nitrogens with one attached hydrogen (secondary N) is 3. The highest BCUT2D eigenvalue weighted by atomic mass is 19.1. The maximum Gasteiger partial charge on any atom is 0.238 e. The number of rotatable bonds is 9. The number of hydrazine groups is 1. The van der Waals surface area contributed by atoms with Crippen molar-refractivity contribution >= 4 is 5.91 Å². The first-order valence-corrected chi connectivity index (χ1v) is 7.81. The topological polar surface area (TPSA) is 71.6 Å². The van der Waals surface area contributed by atoms with E-state index in [1.54, 1.807) is 19.2 Å². The van der Waals surface area contributed by atoms with Crippen molar-refractivity contribution in [3.05, 3.63) is 35.6 Å². The van der Waals surface area contributed by atoms with Crippen LogP contribution in [0.3, 0.4) is 0 Å². The molecule has 128 valence electrons. The summed E-state index contributed by atoms with van der Waals surface area (Å²) in [6.45, 7) is 2.32. The summed E-state index contributed by atoms with van der Waals surface area (Å²) in [7, 11) is 1.63. The fourth-order valence-electron chi connectivity index (χ4n) is 2.40. The molecule has 0 aliphatic carbocycles. The lowest BCUT2D eigenvalue weighted by Gasteiger charge is -2.11. The molecule has 0 aromatic heterocycles. The second-order valence-corrected chi connectivity index (χ2v) is 5.43. The number of halogens is 1. The highest BCUT2D eigenvalue weighted by Crippen LogP contribution is 2.22. The predicted octanol–water partition coefficient (Wildman–Crippen LogP) is 0.903. The smallest absolute Gasteiger partial charge is 0.238 e. The number of carbonyl (C=O) groups excluding carboxylic acids is 1. The van der Waals surface area contributed by atoms with Gasteiger partial charge in [0.1, 0.15) is 11.9 Å². The first kappa shape index (κ1) is 17.8. The van der Waals surface area contributed by atoms with Gasteiger partial charge in [-0.2, -0.15) is 0 Å². The number of hydrogen-bond donors (Lipinski definition) is 3. The highest BCUT2D eigenvalue weighted by molar-refractivity contribution is 5.82. The van der Waals surface area contributed by atoms with E-state index in [0.29, 0.717) is 32.8 Å². The van der Waals surface area contributed by atoms with Crippen LogP contribution in [0.2, 0.25) is 0 Å². The number of methoxy groups -OCH3 is 1. The molecule has 1 aromatic rings. The molecule has 1 aliphatic heterocycles. The van der Waals surface area contributed by atoms with Crippen LogP contribution < -0.4 is 16.2 Å². The van der Waals surface area contributed by atoms with E-state index in [1.807, 2.05) is 0 Å². The first-order chi connectivity index (χ1) is 11.2. The zero-order valence-corrected chi connectivity index (χ0v) is 13.3. The van der Waals surface area contributed by atoms with Gasteiger partial charge in [-0.3, -0.25) is 4.79 Å². The number of benzene rings is 1. The van der Waals surface area contributed by atoms with Crippen molar-refractivity contribution in [2.24, 2.45) is 0 Å². The Labute approximate surface area is 135 Å². The van der Waals surface area contributed by atoms with Crippen LogP contribution in [0.5, 0.6) is 0 Å². The molecule has 1 saturated heterocycles. The van der Waals surface area contributed by atoms with Crippen LogP contribution in [0.4, 0.5) is 4.39 Å². The summed E-state index contributed by atoms with van der Waals surface area (Å²) in [5, 5.41) is 2.88. The summed E-state index contributed by atoms with van der Waals surface area (Å²) < 4.78 is 23.1. The van der Waals surface area contributed by atoms with Crippen molar-refractivity contribution in [2.75, 3.05) is 33.5 Å². The Morgan fingerprint density at radius 2 is 2.04 bits per heavy atom. The summed E-state index contributed by atoms with van der Waals surface area (Å²) >= 11 is 0. The van der Waals surface area contributed by atoms with Crippen molar-refractivity contribution < 1.29 is 18.7 Å². The van der Waals surface area contributed by atoms with E-state index in [0.717, 1.165) is 12.0 Å². The molecule has 23 heavy (non-hydrogen) atoms. The molecule has 0 radical (unpaired) electrons. The predicted molar refractivity (Wildman–Crippen MR) is 84.1 cm³/mol. The van der Waals surface area contributed by atoms with Gasteiger partial charge in [-0.05, 0) is 30.5 Å². The molecule has 1 aliphatic rings. The molecule has 0 bridgehead atoms. The van der Waals surface area contributed by atoms with Gasteiger partial charge in [0.05, 0.1) is 13.2 Å². The van der Waals surface area contributed by atoms with E-state index in [4.69, 9.17) is 9.47 Å². The third-order valence-corrected chi connectivity index (χ3v) is 3.69. The summed E-state index contributed by atoms with van der Waals surface area (Å²) in [5.41, 5.74) is 7.02. The number of hydrogen-bond acceptors (Lipinski definition) is 5. The van der Waals surface area contributed by atoms with Crippen molar-refractivity contribution in [1.29, 1.82) is 0 Å². The summed E-state index contributed by atoms with van der Waals surface area (Å²) in [6.07, 6.45) is 1.39. The molecule has 2 unspecified atom stereocenters. The SMILES string of the molecule is COCCOCCCNC(=O)C1CC(c2ccc(F)cc2)NN1. The van der Waals surface area contributed by atoms with Crippen LogP contribution in [0.15, 0.2) is 24.3 Å². The monoisotopic (exact) mass is 325 g/mol. The number of carbonyl (C=O) groups is 1. The van der Waals surface area contributed by atoms with Crippen LogP contribution in [0.25, 0.3) is 0 Å².